The van der Waals surface area contributed by atoms with Crippen LogP contribution in [-0.4, -0.2) is 5.91 Å². The van der Waals surface area contributed by atoms with E-state index in [0.717, 1.165) is 12.0 Å². The van der Waals surface area contributed by atoms with Gasteiger partial charge in [0.2, 0.25) is 5.91 Å². The molecule has 0 saturated heterocycles. The van der Waals surface area contributed by atoms with Gasteiger partial charge in [0.05, 0.1) is 10.7 Å². The smallest absolute Gasteiger partial charge is 0.217 e. The van der Waals surface area contributed by atoms with Crippen molar-refractivity contribution in [3.05, 3.63) is 28.8 Å². The molecule has 0 aliphatic heterocycles. The van der Waals surface area contributed by atoms with E-state index in [0.29, 0.717) is 23.6 Å². The molecule has 4 heteroatoms. The van der Waals surface area contributed by atoms with E-state index in [1.807, 2.05) is 12.1 Å². The number of carbonyl (C=O) groups excluding carboxylic acids is 1. The van der Waals surface area contributed by atoms with Gasteiger partial charge in [-0.3, -0.25) is 4.79 Å². The summed E-state index contributed by atoms with van der Waals surface area (Å²) in [5.74, 6) is -0.287. The second-order valence-corrected chi connectivity index (χ2v) is 3.52. The molecule has 0 aliphatic rings. The van der Waals surface area contributed by atoms with E-state index >= 15 is 0 Å². The molecular formula is C10H13ClN2O. The highest BCUT2D eigenvalue weighted by Gasteiger charge is 2.03. The van der Waals surface area contributed by atoms with Crippen molar-refractivity contribution < 1.29 is 4.79 Å². The number of nitrogen functional groups attached to an aromatic ring is 1. The first-order valence-corrected chi connectivity index (χ1v) is 4.80. The molecule has 0 radical (unpaired) electrons. The van der Waals surface area contributed by atoms with Crippen LogP contribution in [0.3, 0.4) is 0 Å². The van der Waals surface area contributed by atoms with E-state index in [-0.39, 0.29) is 5.91 Å². The quantitative estimate of drug-likeness (QED) is 0.747. The van der Waals surface area contributed by atoms with Gasteiger partial charge in [-0.05, 0) is 24.5 Å². The molecule has 1 aromatic carbocycles. The largest absolute Gasteiger partial charge is 0.398 e. The lowest BCUT2D eigenvalue weighted by atomic mass is 10.1. The van der Waals surface area contributed by atoms with E-state index in [1.165, 1.54) is 0 Å². The molecule has 3 nitrogen and oxygen atoms in total. The summed E-state index contributed by atoms with van der Waals surface area (Å²) in [5, 5.41) is 0.581. The highest BCUT2D eigenvalue weighted by atomic mass is 35.5. The maximum absolute atomic E-state index is 10.5. The molecule has 0 aromatic heterocycles. The summed E-state index contributed by atoms with van der Waals surface area (Å²) in [6.07, 6.45) is 1.82. The van der Waals surface area contributed by atoms with Crippen LogP contribution in [0, 0.1) is 0 Å². The summed E-state index contributed by atoms with van der Waals surface area (Å²) in [5.41, 5.74) is 12.2. The van der Waals surface area contributed by atoms with Gasteiger partial charge in [0.25, 0.3) is 0 Å². The molecule has 0 heterocycles. The third-order valence-electron chi connectivity index (χ3n) is 1.98. The Hall–Kier alpha value is -1.22. The Bertz CT molecular complexity index is 339. The van der Waals surface area contributed by atoms with Crippen LogP contribution in [0.15, 0.2) is 18.2 Å². The number of nitrogens with two attached hydrogens (primary N) is 2. The van der Waals surface area contributed by atoms with Crippen LogP contribution >= 0.6 is 11.6 Å². The number of hydrogen-bond donors (Lipinski definition) is 2. The van der Waals surface area contributed by atoms with Gasteiger partial charge in [-0.1, -0.05) is 23.7 Å². The molecule has 14 heavy (non-hydrogen) atoms. The minimum atomic E-state index is -0.287. The third kappa shape index (κ3) is 2.92. The summed E-state index contributed by atoms with van der Waals surface area (Å²) < 4.78 is 0. The summed E-state index contributed by atoms with van der Waals surface area (Å²) in [6.45, 7) is 0. The van der Waals surface area contributed by atoms with E-state index in [9.17, 15) is 4.79 Å². The van der Waals surface area contributed by atoms with Crippen molar-refractivity contribution in [3.8, 4) is 0 Å². The van der Waals surface area contributed by atoms with Gasteiger partial charge in [-0.25, -0.2) is 0 Å². The monoisotopic (exact) mass is 212 g/mol. The van der Waals surface area contributed by atoms with E-state index in [2.05, 4.69) is 0 Å². The third-order valence-corrected chi connectivity index (χ3v) is 2.44. The molecular weight excluding hydrogens is 200 g/mol. The van der Waals surface area contributed by atoms with Crippen molar-refractivity contribution in [2.75, 3.05) is 5.73 Å². The zero-order valence-electron chi connectivity index (χ0n) is 7.79. The molecule has 1 aromatic rings. The van der Waals surface area contributed by atoms with Crippen LogP contribution in [-0.2, 0) is 11.2 Å². The Labute approximate surface area is 88.0 Å². The van der Waals surface area contributed by atoms with Gasteiger partial charge in [0, 0.05) is 6.42 Å². The average molecular weight is 213 g/mol. The highest BCUT2D eigenvalue weighted by Crippen LogP contribution is 2.24. The van der Waals surface area contributed by atoms with Crippen molar-refractivity contribution >= 4 is 23.2 Å². The minimum absolute atomic E-state index is 0.287. The Morgan fingerprint density at radius 1 is 1.43 bits per heavy atom. The van der Waals surface area contributed by atoms with E-state index in [1.54, 1.807) is 6.07 Å². The van der Waals surface area contributed by atoms with Gasteiger partial charge < -0.3 is 11.5 Å². The summed E-state index contributed by atoms with van der Waals surface area (Å²) in [6, 6.07) is 5.50. The number of halogens is 1. The Morgan fingerprint density at radius 3 is 2.79 bits per heavy atom. The Balaban J connectivity index is 2.59. The van der Waals surface area contributed by atoms with Crippen molar-refractivity contribution in [2.45, 2.75) is 19.3 Å². The number of hydrogen-bond acceptors (Lipinski definition) is 2. The molecule has 0 fully saturated rings. The van der Waals surface area contributed by atoms with Crippen LogP contribution in [0.5, 0.6) is 0 Å². The lowest BCUT2D eigenvalue weighted by Gasteiger charge is -2.05. The van der Waals surface area contributed by atoms with Crippen LogP contribution in [0.25, 0.3) is 0 Å². The normalized spacial score (nSPS) is 10.1. The second-order valence-electron chi connectivity index (χ2n) is 3.14. The maximum Gasteiger partial charge on any atom is 0.217 e. The Kier molecular flexibility index (Phi) is 3.77. The predicted molar refractivity (Wildman–Crippen MR) is 58.0 cm³/mol. The first-order chi connectivity index (χ1) is 6.61. The molecule has 0 spiro atoms. The lowest BCUT2D eigenvalue weighted by Crippen LogP contribution is -2.10. The van der Waals surface area contributed by atoms with Gasteiger partial charge in [0.15, 0.2) is 0 Å². The number of primary amides is 1. The van der Waals surface area contributed by atoms with Crippen LogP contribution in [0.1, 0.15) is 18.4 Å². The van der Waals surface area contributed by atoms with Gasteiger partial charge >= 0.3 is 0 Å². The van der Waals surface area contributed by atoms with Crippen molar-refractivity contribution in [1.82, 2.24) is 0 Å². The topological polar surface area (TPSA) is 69.1 Å². The minimum Gasteiger partial charge on any atom is -0.398 e. The number of aryl methyl sites for hydroxylation is 1. The first kappa shape index (κ1) is 10.9. The standard InChI is InChI=1S/C10H13ClN2O/c11-10-7(3-1-5-8(10)12)4-2-6-9(13)14/h1,3,5H,2,4,6,12H2,(H2,13,14). The maximum atomic E-state index is 10.5. The van der Waals surface area contributed by atoms with Crippen LogP contribution in [0.2, 0.25) is 5.02 Å². The number of amides is 1. The SMILES string of the molecule is NC(=O)CCCc1cccc(N)c1Cl. The summed E-state index contributed by atoms with van der Waals surface area (Å²) in [7, 11) is 0. The van der Waals surface area contributed by atoms with E-state index < -0.39 is 0 Å². The fourth-order valence-electron chi connectivity index (χ4n) is 1.25. The van der Waals surface area contributed by atoms with Gasteiger partial charge in [-0.2, -0.15) is 0 Å². The number of carbonyl (C=O) groups is 1. The zero-order chi connectivity index (χ0) is 10.6. The zero-order valence-corrected chi connectivity index (χ0v) is 8.55. The molecule has 0 bridgehead atoms. The van der Waals surface area contributed by atoms with Crippen molar-refractivity contribution in [3.63, 3.8) is 0 Å². The molecule has 1 amide bonds. The first-order valence-electron chi connectivity index (χ1n) is 4.42. The van der Waals surface area contributed by atoms with Gasteiger partial charge in [-0.15, -0.1) is 0 Å². The number of benzene rings is 1. The highest BCUT2D eigenvalue weighted by molar-refractivity contribution is 6.33. The Morgan fingerprint density at radius 2 is 2.14 bits per heavy atom. The van der Waals surface area contributed by atoms with E-state index in [4.69, 9.17) is 23.1 Å². The number of rotatable bonds is 4. The van der Waals surface area contributed by atoms with Crippen LogP contribution in [0.4, 0.5) is 5.69 Å². The van der Waals surface area contributed by atoms with Crippen LogP contribution < -0.4 is 11.5 Å². The fourth-order valence-corrected chi connectivity index (χ4v) is 1.47. The molecule has 0 saturated carbocycles. The number of anilines is 1. The second kappa shape index (κ2) is 4.86. The molecule has 4 N–H and O–H groups in total. The lowest BCUT2D eigenvalue weighted by molar-refractivity contribution is -0.118. The fraction of sp³-hybridized carbons (Fsp3) is 0.300. The van der Waals surface area contributed by atoms with Crippen molar-refractivity contribution in [1.29, 1.82) is 0 Å². The average Bonchev–Trinajstić information content (AvgIpc) is 2.12. The molecule has 1 rings (SSSR count). The molecule has 0 aliphatic carbocycles. The molecule has 0 atom stereocenters. The molecule has 76 valence electrons. The predicted octanol–water partition coefficient (Wildman–Crippen LogP) is 1.73. The van der Waals surface area contributed by atoms with Crippen molar-refractivity contribution in [2.24, 2.45) is 5.73 Å². The van der Waals surface area contributed by atoms with Gasteiger partial charge in [0.1, 0.15) is 0 Å². The molecule has 0 unspecified atom stereocenters. The summed E-state index contributed by atoms with van der Waals surface area (Å²) in [4.78, 5) is 10.5. The summed E-state index contributed by atoms with van der Waals surface area (Å²) >= 11 is 5.97.